The van der Waals surface area contributed by atoms with Crippen molar-refractivity contribution in [2.24, 2.45) is 0 Å². The minimum atomic E-state index is -0.952. The van der Waals surface area contributed by atoms with Gasteiger partial charge in [-0.1, -0.05) is 12.1 Å². The Labute approximate surface area is 91.5 Å². The number of benzene rings is 1. The highest BCUT2D eigenvalue weighted by Crippen LogP contribution is 2.18. The fourth-order valence-electron chi connectivity index (χ4n) is 1.44. The second kappa shape index (κ2) is 4.02. The number of hydrogen-bond donors (Lipinski definition) is 2. The van der Waals surface area contributed by atoms with Crippen LogP contribution in [0.5, 0.6) is 0 Å². The molecule has 0 saturated carbocycles. The van der Waals surface area contributed by atoms with Gasteiger partial charge < -0.3 is 10.1 Å². The number of nitrogens with one attached hydrogen (secondary N) is 1. The van der Waals surface area contributed by atoms with Gasteiger partial charge in [-0.15, -0.1) is 0 Å². The minimum Gasteiger partial charge on any atom is -0.478 e. The molecule has 0 aliphatic carbocycles. The highest BCUT2D eigenvalue weighted by Gasteiger charge is 2.04. The summed E-state index contributed by atoms with van der Waals surface area (Å²) in [6, 6.07) is 9.90. The molecule has 2 rings (SSSR count). The van der Waals surface area contributed by atoms with E-state index >= 15 is 0 Å². The smallest absolute Gasteiger partial charge is 0.335 e. The summed E-state index contributed by atoms with van der Waals surface area (Å²) in [6.45, 7) is 0. The van der Waals surface area contributed by atoms with Crippen LogP contribution in [0, 0.1) is 0 Å². The normalized spacial score (nSPS) is 10.0. The maximum atomic E-state index is 10.6. The van der Waals surface area contributed by atoms with Crippen LogP contribution in [0.15, 0.2) is 36.4 Å². The summed E-state index contributed by atoms with van der Waals surface area (Å²) in [5, 5.41) is 8.73. The fraction of sp³-hybridized carbons (Fsp3) is 0. The summed E-state index contributed by atoms with van der Waals surface area (Å²) >= 11 is 0. The molecule has 0 fully saturated rings. The number of aromatic nitrogens is 1. The highest BCUT2D eigenvalue weighted by atomic mass is 16.4. The zero-order valence-electron chi connectivity index (χ0n) is 8.31. The average Bonchev–Trinajstić information content (AvgIpc) is 2.77. The number of hydrogen-bond acceptors (Lipinski definition) is 2. The molecule has 1 aromatic carbocycles. The fourth-order valence-corrected chi connectivity index (χ4v) is 1.44. The zero-order chi connectivity index (χ0) is 11.5. The van der Waals surface area contributed by atoms with Crippen molar-refractivity contribution in [2.45, 2.75) is 0 Å². The van der Waals surface area contributed by atoms with Gasteiger partial charge in [0.1, 0.15) is 0 Å². The van der Waals surface area contributed by atoms with Crippen LogP contribution < -0.4 is 0 Å². The molecule has 4 heteroatoms. The first-order chi connectivity index (χ1) is 7.70. The molecule has 0 atom stereocenters. The van der Waals surface area contributed by atoms with Gasteiger partial charge in [-0.05, 0) is 29.8 Å². The molecule has 0 bridgehead atoms. The number of rotatable bonds is 3. The predicted molar refractivity (Wildman–Crippen MR) is 58.6 cm³/mol. The SMILES string of the molecule is O=Cc1ccc(-c2ccc(C(=O)O)cc2)[nH]1. The maximum absolute atomic E-state index is 10.6. The van der Waals surface area contributed by atoms with Gasteiger partial charge in [0.25, 0.3) is 0 Å². The van der Waals surface area contributed by atoms with E-state index in [1.165, 1.54) is 12.1 Å². The molecular formula is C12H9NO3. The van der Waals surface area contributed by atoms with Crippen molar-refractivity contribution in [1.29, 1.82) is 0 Å². The summed E-state index contributed by atoms with van der Waals surface area (Å²) in [5.74, 6) is -0.952. The number of aromatic amines is 1. The van der Waals surface area contributed by atoms with Crippen molar-refractivity contribution in [2.75, 3.05) is 0 Å². The third-order valence-electron chi connectivity index (χ3n) is 2.28. The number of carboxylic acid groups (broad SMARTS) is 1. The first-order valence-electron chi connectivity index (χ1n) is 4.68. The van der Waals surface area contributed by atoms with Crippen molar-refractivity contribution in [1.82, 2.24) is 4.98 Å². The van der Waals surface area contributed by atoms with Crippen molar-refractivity contribution in [3.05, 3.63) is 47.7 Å². The number of carbonyl (C=O) groups excluding carboxylic acids is 1. The minimum absolute atomic E-state index is 0.242. The van der Waals surface area contributed by atoms with Crippen LogP contribution in [0.25, 0.3) is 11.3 Å². The van der Waals surface area contributed by atoms with E-state index in [1.54, 1.807) is 24.3 Å². The van der Waals surface area contributed by atoms with Crippen LogP contribution in [-0.2, 0) is 0 Å². The molecule has 0 spiro atoms. The van der Waals surface area contributed by atoms with Gasteiger partial charge in [0.05, 0.1) is 11.3 Å². The molecule has 0 radical (unpaired) electrons. The molecule has 4 nitrogen and oxygen atoms in total. The lowest BCUT2D eigenvalue weighted by Gasteiger charge is -1.98. The van der Waals surface area contributed by atoms with E-state index in [4.69, 9.17) is 5.11 Å². The molecule has 0 aliphatic heterocycles. The average molecular weight is 215 g/mol. The lowest BCUT2D eigenvalue weighted by molar-refractivity contribution is 0.0696. The first-order valence-corrected chi connectivity index (χ1v) is 4.68. The summed E-state index contributed by atoms with van der Waals surface area (Å²) in [4.78, 5) is 24.0. The molecule has 16 heavy (non-hydrogen) atoms. The number of carbonyl (C=O) groups is 2. The van der Waals surface area contributed by atoms with Gasteiger partial charge in [0.2, 0.25) is 0 Å². The Hall–Kier alpha value is -2.36. The van der Waals surface area contributed by atoms with Crippen molar-refractivity contribution in [3.8, 4) is 11.3 Å². The Morgan fingerprint density at radius 3 is 2.31 bits per heavy atom. The van der Waals surface area contributed by atoms with E-state index < -0.39 is 5.97 Å². The van der Waals surface area contributed by atoms with E-state index in [0.29, 0.717) is 5.69 Å². The van der Waals surface area contributed by atoms with E-state index in [1.807, 2.05) is 0 Å². The van der Waals surface area contributed by atoms with Crippen LogP contribution in [0.1, 0.15) is 20.8 Å². The molecule has 2 aromatic rings. The predicted octanol–water partition coefficient (Wildman–Crippen LogP) is 2.19. The Balaban J connectivity index is 2.34. The van der Waals surface area contributed by atoms with Gasteiger partial charge in [-0.3, -0.25) is 4.79 Å². The van der Waals surface area contributed by atoms with Crippen molar-refractivity contribution < 1.29 is 14.7 Å². The Morgan fingerprint density at radius 1 is 1.12 bits per heavy atom. The van der Waals surface area contributed by atoms with Crippen LogP contribution in [0.4, 0.5) is 0 Å². The van der Waals surface area contributed by atoms with E-state index in [2.05, 4.69) is 4.98 Å². The molecule has 1 aromatic heterocycles. The molecule has 1 heterocycles. The number of aldehydes is 1. The Morgan fingerprint density at radius 2 is 1.81 bits per heavy atom. The Kier molecular flexibility index (Phi) is 2.55. The van der Waals surface area contributed by atoms with Gasteiger partial charge in [0.15, 0.2) is 6.29 Å². The summed E-state index contributed by atoms with van der Waals surface area (Å²) < 4.78 is 0. The van der Waals surface area contributed by atoms with Crippen molar-refractivity contribution >= 4 is 12.3 Å². The molecular weight excluding hydrogens is 206 g/mol. The molecule has 0 saturated heterocycles. The maximum Gasteiger partial charge on any atom is 0.335 e. The standard InChI is InChI=1S/C12H9NO3/c14-7-10-5-6-11(13-10)8-1-3-9(4-2-8)12(15)16/h1-7,13H,(H,15,16). The highest BCUT2D eigenvalue weighted by molar-refractivity contribution is 5.88. The molecule has 0 unspecified atom stereocenters. The van der Waals surface area contributed by atoms with Crippen LogP contribution in [0.3, 0.4) is 0 Å². The second-order valence-corrected chi connectivity index (χ2v) is 3.33. The van der Waals surface area contributed by atoms with Gasteiger partial charge in [-0.25, -0.2) is 4.79 Å². The molecule has 0 amide bonds. The van der Waals surface area contributed by atoms with Gasteiger partial charge in [0, 0.05) is 5.69 Å². The van der Waals surface area contributed by atoms with Gasteiger partial charge in [-0.2, -0.15) is 0 Å². The number of carboxylic acids is 1. The Bertz CT molecular complexity index is 525. The number of aromatic carboxylic acids is 1. The third kappa shape index (κ3) is 1.86. The van der Waals surface area contributed by atoms with E-state index in [9.17, 15) is 9.59 Å². The summed E-state index contributed by atoms with van der Waals surface area (Å²) in [7, 11) is 0. The third-order valence-corrected chi connectivity index (χ3v) is 2.28. The van der Waals surface area contributed by atoms with Crippen LogP contribution in [0.2, 0.25) is 0 Å². The number of H-pyrrole nitrogens is 1. The monoisotopic (exact) mass is 215 g/mol. The van der Waals surface area contributed by atoms with Crippen LogP contribution in [-0.4, -0.2) is 22.3 Å². The van der Waals surface area contributed by atoms with Crippen molar-refractivity contribution in [3.63, 3.8) is 0 Å². The largest absolute Gasteiger partial charge is 0.478 e. The quantitative estimate of drug-likeness (QED) is 0.771. The molecule has 2 N–H and O–H groups in total. The lowest BCUT2D eigenvalue weighted by Crippen LogP contribution is -1.94. The van der Waals surface area contributed by atoms with E-state index in [-0.39, 0.29) is 5.56 Å². The molecule has 80 valence electrons. The zero-order valence-corrected chi connectivity index (χ0v) is 8.31. The lowest BCUT2D eigenvalue weighted by atomic mass is 10.1. The summed E-state index contributed by atoms with van der Waals surface area (Å²) in [5.41, 5.74) is 2.38. The second-order valence-electron chi connectivity index (χ2n) is 3.33. The topological polar surface area (TPSA) is 70.2 Å². The van der Waals surface area contributed by atoms with Crippen LogP contribution >= 0.6 is 0 Å². The van der Waals surface area contributed by atoms with E-state index in [0.717, 1.165) is 17.5 Å². The summed E-state index contributed by atoms with van der Waals surface area (Å²) in [6.07, 6.45) is 0.731. The molecule has 0 aliphatic rings. The first kappa shape index (κ1) is 10.2. The van der Waals surface area contributed by atoms with Gasteiger partial charge >= 0.3 is 5.97 Å².